The van der Waals surface area contributed by atoms with Crippen LogP contribution in [0.5, 0.6) is 0 Å². The van der Waals surface area contributed by atoms with E-state index in [4.69, 9.17) is 32.3 Å². The molecule has 18 heteroatoms. The molecule has 0 aromatic rings. The van der Waals surface area contributed by atoms with Crippen LogP contribution in [0, 0.1) is 0 Å². The van der Waals surface area contributed by atoms with Crippen LogP contribution in [-0.4, -0.2) is 95.9 Å². The van der Waals surface area contributed by atoms with E-state index in [2.05, 4.69) is 142 Å². The SMILES string of the molecule is CC/C=C\C/C=C\C/C=C\C/C=C\C/C=C\CCCCCCCCCCCCCC(=O)OCC(COP(=O)(O)OCC(O)COP(=O)(O)OCC(O)COC(=O)CCCCCCCCCCCCCCCCC/C=C\C/C=C\C/C=C\C/C=C\CCCCC)OC(=O)CCCCCCC/C=C\CCCCCCCC. The normalized spacial score (nSPS) is 14.4. The van der Waals surface area contributed by atoms with E-state index in [9.17, 15) is 43.5 Å². The van der Waals surface area contributed by atoms with Gasteiger partial charge in [0.1, 0.15) is 25.4 Å². The number of hydrogen-bond acceptors (Lipinski definition) is 14. The van der Waals surface area contributed by atoms with Crippen LogP contribution in [0.15, 0.2) is 122 Å². The number of aliphatic hydroxyl groups excluding tert-OH is 2. The molecule has 0 bridgehead atoms. The molecule has 5 unspecified atom stereocenters. The molecule has 4 N–H and O–H groups in total. The zero-order valence-corrected chi connectivity index (χ0v) is 71.0. The van der Waals surface area contributed by atoms with E-state index in [0.717, 1.165) is 141 Å². The van der Waals surface area contributed by atoms with Crippen LogP contribution >= 0.6 is 15.6 Å². The molecule has 0 radical (unpaired) electrons. The number of carbonyl (C=O) groups is 3. The van der Waals surface area contributed by atoms with Gasteiger partial charge in [0.25, 0.3) is 0 Å². The molecule has 0 heterocycles. The van der Waals surface area contributed by atoms with Crippen molar-refractivity contribution in [3.8, 4) is 0 Å². The van der Waals surface area contributed by atoms with Crippen LogP contribution in [0.1, 0.15) is 380 Å². The fraction of sp³-hybridized carbons (Fsp3) is 0.747. The molecule has 16 nitrogen and oxygen atoms in total. The van der Waals surface area contributed by atoms with Gasteiger partial charge in [-0.25, -0.2) is 9.13 Å². The molecule has 0 aliphatic rings. The third-order valence-electron chi connectivity index (χ3n) is 18.6. The van der Waals surface area contributed by atoms with Gasteiger partial charge in [0.2, 0.25) is 0 Å². The number of carbonyl (C=O) groups excluding carboxylic acids is 3. The second kappa shape index (κ2) is 83.4. The maximum absolute atomic E-state index is 13.0. The lowest BCUT2D eigenvalue weighted by Crippen LogP contribution is -2.30. The van der Waals surface area contributed by atoms with E-state index >= 15 is 0 Å². The van der Waals surface area contributed by atoms with Crippen molar-refractivity contribution in [3.05, 3.63) is 122 Å². The summed E-state index contributed by atoms with van der Waals surface area (Å²) in [6.07, 6.45) is 101. The Balaban J connectivity index is 4.48. The Morgan fingerprint density at radius 3 is 0.798 bits per heavy atom. The van der Waals surface area contributed by atoms with E-state index in [-0.39, 0.29) is 19.3 Å². The highest BCUT2D eigenvalue weighted by atomic mass is 31.2. The molecule has 0 saturated carbocycles. The Kier molecular flexibility index (Phi) is 80.3. The predicted octanol–water partition coefficient (Wildman–Crippen LogP) is 26.4. The fourth-order valence-electron chi connectivity index (χ4n) is 12.0. The topological polar surface area (TPSA) is 231 Å². The lowest BCUT2D eigenvalue weighted by atomic mass is 10.0. The molecule has 109 heavy (non-hydrogen) atoms. The number of phosphoric ester groups is 2. The van der Waals surface area contributed by atoms with Crippen LogP contribution in [0.4, 0.5) is 0 Å². The first kappa shape index (κ1) is 105. The summed E-state index contributed by atoms with van der Waals surface area (Å²) in [6.45, 7) is 2.57. The van der Waals surface area contributed by atoms with Crippen molar-refractivity contribution in [2.45, 2.75) is 399 Å². The molecule has 0 saturated heterocycles. The molecule has 0 aromatic heterocycles. The average molecular weight is 1570 g/mol. The van der Waals surface area contributed by atoms with Crippen LogP contribution in [0.3, 0.4) is 0 Å². The highest BCUT2D eigenvalue weighted by Gasteiger charge is 2.29. The Hall–Kier alpha value is -4.05. The molecular formula is C91H160O16P2. The van der Waals surface area contributed by atoms with Crippen molar-refractivity contribution in [2.75, 3.05) is 39.6 Å². The number of ether oxygens (including phenoxy) is 3. The van der Waals surface area contributed by atoms with E-state index in [1.807, 2.05) is 0 Å². The first-order valence-electron chi connectivity index (χ1n) is 43.8. The predicted molar refractivity (Wildman–Crippen MR) is 454 cm³/mol. The molecule has 0 aliphatic heterocycles. The van der Waals surface area contributed by atoms with Crippen LogP contribution in [0.2, 0.25) is 0 Å². The number of unbranched alkanes of at least 4 members (excludes halogenated alkanes) is 40. The zero-order valence-electron chi connectivity index (χ0n) is 69.2. The lowest BCUT2D eigenvalue weighted by Gasteiger charge is -2.21. The van der Waals surface area contributed by atoms with E-state index < -0.39 is 91.5 Å². The summed E-state index contributed by atoms with van der Waals surface area (Å²) in [4.78, 5) is 58.8. The first-order valence-corrected chi connectivity index (χ1v) is 46.8. The zero-order chi connectivity index (χ0) is 79.4. The minimum absolute atomic E-state index is 0.0941. The van der Waals surface area contributed by atoms with E-state index in [1.165, 1.54) is 180 Å². The molecule has 0 fully saturated rings. The summed E-state index contributed by atoms with van der Waals surface area (Å²) in [5.41, 5.74) is 0. The highest BCUT2D eigenvalue weighted by Crippen LogP contribution is 2.45. The Bertz CT molecular complexity index is 2460. The summed E-state index contributed by atoms with van der Waals surface area (Å²) in [7, 11) is -9.80. The smallest absolute Gasteiger partial charge is 0.463 e. The molecular weight excluding hydrogens is 1410 g/mol. The molecule has 0 amide bonds. The number of rotatable bonds is 83. The number of phosphoric acid groups is 2. The van der Waals surface area contributed by atoms with Crippen molar-refractivity contribution < 1.29 is 75.8 Å². The van der Waals surface area contributed by atoms with Crippen molar-refractivity contribution in [1.29, 1.82) is 0 Å². The van der Waals surface area contributed by atoms with Gasteiger partial charge in [0, 0.05) is 19.3 Å². The Labute approximate surface area is 665 Å². The Morgan fingerprint density at radius 1 is 0.266 bits per heavy atom. The molecule has 0 rings (SSSR count). The number of aliphatic hydroxyl groups is 2. The van der Waals surface area contributed by atoms with Crippen LogP contribution < -0.4 is 0 Å². The minimum atomic E-state index is -4.94. The van der Waals surface area contributed by atoms with Gasteiger partial charge in [-0.1, -0.05) is 348 Å². The van der Waals surface area contributed by atoms with E-state index in [0.29, 0.717) is 19.3 Å². The van der Waals surface area contributed by atoms with Gasteiger partial charge in [-0.3, -0.25) is 32.5 Å². The standard InChI is InChI=1S/C91H160O16P2/c1-4-7-10-13-16-19-22-25-28-30-32-34-36-38-40-41-42-43-45-47-48-50-52-54-57-59-62-65-68-71-74-77-89(94)101-80-86(92)81-103-108(97,98)104-82-87(93)83-105-109(99,100)106-85-88(107-91(96)79-76-73-70-67-64-61-56-27-24-21-18-15-12-9-6-3)84-102-90(95)78-75-72-69-66-63-60-58-55-53-51-49-46-44-39-37-35-33-31-29-26-23-20-17-14-11-8-5-2/h8,11,16-17,19-20,25-29,32-35,38-40,44,56,86-88,92-93H,4-7,9-10,12-15,18,21-24,30-31,36-37,41-43,45-55,57-85H2,1-3H3,(H,97,98)(H,99,100)/b11-8-,19-16-,20-17-,28-25-,29-26-,34-32-,35-33-,40-38-,44-39-,56-27-. The first-order chi connectivity index (χ1) is 53.2. The third-order valence-corrected chi connectivity index (χ3v) is 20.5. The van der Waals surface area contributed by atoms with E-state index in [1.54, 1.807) is 0 Å². The van der Waals surface area contributed by atoms with Gasteiger partial charge in [0.05, 0.1) is 26.4 Å². The highest BCUT2D eigenvalue weighted by molar-refractivity contribution is 7.47. The van der Waals surface area contributed by atoms with Gasteiger partial charge >= 0.3 is 33.6 Å². The quantitative estimate of drug-likeness (QED) is 0.0146. The maximum atomic E-state index is 13.0. The fourth-order valence-corrected chi connectivity index (χ4v) is 13.6. The van der Waals surface area contributed by atoms with Crippen LogP contribution in [0.25, 0.3) is 0 Å². The average Bonchev–Trinajstić information content (AvgIpc) is 0.904. The number of hydrogen-bond donors (Lipinski definition) is 4. The molecule has 0 aromatic carbocycles. The summed E-state index contributed by atoms with van der Waals surface area (Å²) in [5.74, 6) is -1.57. The van der Waals surface area contributed by atoms with Gasteiger partial charge in [-0.2, -0.15) is 0 Å². The number of allylic oxidation sites excluding steroid dienone is 20. The largest absolute Gasteiger partial charge is 0.472 e. The lowest BCUT2D eigenvalue weighted by molar-refractivity contribution is -0.161. The van der Waals surface area contributed by atoms with Gasteiger partial charge in [-0.05, 0) is 135 Å². The summed E-state index contributed by atoms with van der Waals surface area (Å²) < 4.78 is 61.3. The maximum Gasteiger partial charge on any atom is 0.472 e. The molecule has 0 aliphatic carbocycles. The van der Waals surface area contributed by atoms with Crippen molar-refractivity contribution >= 4 is 33.6 Å². The van der Waals surface area contributed by atoms with Crippen molar-refractivity contribution in [2.24, 2.45) is 0 Å². The molecule has 0 spiro atoms. The minimum Gasteiger partial charge on any atom is -0.463 e. The summed E-state index contributed by atoms with van der Waals surface area (Å²) in [6, 6.07) is 0. The monoisotopic (exact) mass is 1570 g/mol. The Morgan fingerprint density at radius 2 is 0.486 bits per heavy atom. The van der Waals surface area contributed by atoms with Gasteiger partial charge in [-0.15, -0.1) is 0 Å². The van der Waals surface area contributed by atoms with Gasteiger partial charge < -0.3 is 34.2 Å². The summed E-state index contributed by atoms with van der Waals surface area (Å²) in [5, 5.41) is 20.7. The molecule has 5 atom stereocenters. The second-order valence-electron chi connectivity index (χ2n) is 29.3. The molecule has 630 valence electrons. The van der Waals surface area contributed by atoms with Gasteiger partial charge in [0.15, 0.2) is 6.10 Å². The number of esters is 3. The third kappa shape index (κ3) is 84.7. The summed E-state index contributed by atoms with van der Waals surface area (Å²) >= 11 is 0. The van der Waals surface area contributed by atoms with Crippen molar-refractivity contribution in [1.82, 2.24) is 0 Å². The van der Waals surface area contributed by atoms with Crippen molar-refractivity contribution in [3.63, 3.8) is 0 Å². The van der Waals surface area contributed by atoms with Crippen LogP contribution in [-0.2, 0) is 55.8 Å². The second-order valence-corrected chi connectivity index (χ2v) is 32.2.